The minimum atomic E-state index is -0.396. The van der Waals surface area contributed by atoms with Crippen molar-refractivity contribution in [2.24, 2.45) is 10.9 Å². The monoisotopic (exact) mass is 497 g/mol. The third-order valence-corrected chi connectivity index (χ3v) is 7.19. The fourth-order valence-corrected chi connectivity index (χ4v) is 3.40. The van der Waals surface area contributed by atoms with E-state index in [1.165, 1.54) is 0 Å². The van der Waals surface area contributed by atoms with E-state index in [0.717, 1.165) is 46.4 Å². The molecule has 3 nitrogen and oxygen atoms in total. The van der Waals surface area contributed by atoms with Crippen molar-refractivity contribution in [2.45, 2.75) is 91.5 Å². The first kappa shape index (κ1) is 33.4. The van der Waals surface area contributed by atoms with Crippen LogP contribution in [0.1, 0.15) is 73.8 Å². The van der Waals surface area contributed by atoms with Crippen molar-refractivity contribution in [1.82, 2.24) is 4.90 Å². The molecule has 0 aliphatic rings. The van der Waals surface area contributed by atoms with E-state index in [-0.39, 0.29) is 16.7 Å². The molecule has 1 aromatic carbocycles. The molecule has 1 aromatic rings. The highest BCUT2D eigenvalue weighted by Crippen LogP contribution is 2.31. The van der Waals surface area contributed by atoms with Crippen LogP contribution >= 0.6 is 12.6 Å². The molecule has 0 saturated heterocycles. The third kappa shape index (κ3) is 10.1. The highest BCUT2D eigenvalue weighted by molar-refractivity contribution is 7.81. The van der Waals surface area contributed by atoms with Gasteiger partial charge in [0.15, 0.2) is 0 Å². The van der Waals surface area contributed by atoms with Gasteiger partial charge in [-0.25, -0.2) is 0 Å². The summed E-state index contributed by atoms with van der Waals surface area (Å²) >= 11 is 4.67. The summed E-state index contributed by atoms with van der Waals surface area (Å²) in [5.41, 5.74) is 5.85. The summed E-state index contributed by atoms with van der Waals surface area (Å²) in [6, 6.07) is 6.47. The maximum absolute atomic E-state index is 6.08. The van der Waals surface area contributed by atoms with Crippen molar-refractivity contribution >= 4 is 37.0 Å². The summed E-state index contributed by atoms with van der Waals surface area (Å²) in [4.78, 5) is 7.35. The van der Waals surface area contributed by atoms with Gasteiger partial charge in [-0.3, -0.25) is 4.99 Å². The van der Waals surface area contributed by atoms with Crippen molar-refractivity contribution in [3.05, 3.63) is 60.7 Å². The molecule has 5 heteroatoms. The molecular formula is C30H50BN2OS. The number of rotatable bonds is 13. The van der Waals surface area contributed by atoms with E-state index in [9.17, 15) is 0 Å². The zero-order valence-electron chi connectivity index (χ0n) is 24.3. The van der Waals surface area contributed by atoms with E-state index in [1.807, 2.05) is 21.3 Å². The molecule has 195 valence electrons. The SMILES string of the molecule is C=CC(=C)C(=C)C(C)CC(C(CC)=Nc1ccc([B]OC(C)(C)C(C)(C)S)cc1C)N(C)C.CC. The summed E-state index contributed by atoms with van der Waals surface area (Å²) in [7, 11) is 6.04. The van der Waals surface area contributed by atoms with Gasteiger partial charge in [0.05, 0.1) is 11.3 Å². The predicted octanol–water partition coefficient (Wildman–Crippen LogP) is 7.51. The fourth-order valence-electron chi connectivity index (χ4n) is 3.35. The van der Waals surface area contributed by atoms with Crippen molar-refractivity contribution < 1.29 is 4.65 Å². The Kier molecular flexibility index (Phi) is 14.2. The van der Waals surface area contributed by atoms with Crippen LogP contribution < -0.4 is 5.46 Å². The van der Waals surface area contributed by atoms with Crippen LogP contribution in [0.4, 0.5) is 5.69 Å². The summed E-state index contributed by atoms with van der Waals surface area (Å²) in [6.07, 6.45) is 3.59. The molecule has 0 bridgehead atoms. The molecule has 0 fully saturated rings. The normalized spacial score (nSPS) is 14.0. The summed E-state index contributed by atoms with van der Waals surface area (Å²) in [6.45, 7) is 30.8. The van der Waals surface area contributed by atoms with Gasteiger partial charge in [-0.05, 0) is 90.2 Å². The Bertz CT molecular complexity index is 881. The van der Waals surface area contributed by atoms with Gasteiger partial charge in [0.2, 0.25) is 0 Å². The highest BCUT2D eigenvalue weighted by atomic mass is 32.1. The maximum atomic E-state index is 6.08. The van der Waals surface area contributed by atoms with Crippen LogP contribution in [0.15, 0.2) is 60.2 Å². The minimum Gasteiger partial charge on any atom is -0.428 e. The molecular weight excluding hydrogens is 447 g/mol. The zero-order chi connectivity index (χ0) is 27.6. The second-order valence-corrected chi connectivity index (χ2v) is 11.3. The van der Waals surface area contributed by atoms with Gasteiger partial charge in [0.25, 0.3) is 0 Å². The maximum Gasteiger partial charge on any atom is 0.330 e. The van der Waals surface area contributed by atoms with Crippen LogP contribution in [0.25, 0.3) is 0 Å². The first-order valence-corrected chi connectivity index (χ1v) is 13.2. The van der Waals surface area contributed by atoms with Crippen LogP contribution in [0.3, 0.4) is 0 Å². The Morgan fingerprint density at radius 1 is 1.20 bits per heavy atom. The van der Waals surface area contributed by atoms with E-state index in [1.54, 1.807) is 6.08 Å². The molecule has 0 aromatic heterocycles. The zero-order valence-corrected chi connectivity index (χ0v) is 25.2. The molecule has 0 heterocycles. The van der Waals surface area contributed by atoms with Crippen molar-refractivity contribution in [3.8, 4) is 0 Å². The highest BCUT2D eigenvalue weighted by Gasteiger charge is 2.34. The molecule has 0 spiro atoms. The number of aliphatic imine (C=N–C) groups is 1. The van der Waals surface area contributed by atoms with E-state index < -0.39 is 5.60 Å². The first-order chi connectivity index (χ1) is 16.1. The van der Waals surface area contributed by atoms with Gasteiger partial charge in [0, 0.05) is 16.5 Å². The number of nitrogens with zero attached hydrogens (tertiary/aromatic N) is 2. The van der Waals surface area contributed by atoms with Crippen molar-refractivity contribution in [2.75, 3.05) is 14.1 Å². The van der Waals surface area contributed by atoms with Gasteiger partial charge in [0.1, 0.15) is 0 Å². The summed E-state index contributed by atoms with van der Waals surface area (Å²) < 4.78 is 5.81. The first-order valence-electron chi connectivity index (χ1n) is 12.7. The molecule has 0 aliphatic carbocycles. The lowest BCUT2D eigenvalue weighted by atomic mass is 9.83. The van der Waals surface area contributed by atoms with Crippen LogP contribution in [0.2, 0.25) is 0 Å². The molecule has 35 heavy (non-hydrogen) atoms. The summed E-state index contributed by atoms with van der Waals surface area (Å²) in [5, 5.41) is 0. The number of allylic oxidation sites excluding steroid dienone is 3. The smallest absolute Gasteiger partial charge is 0.330 e. The second kappa shape index (κ2) is 14.9. The van der Waals surface area contributed by atoms with Crippen LogP contribution in [0.5, 0.6) is 0 Å². The van der Waals surface area contributed by atoms with Crippen LogP contribution in [-0.2, 0) is 4.65 Å². The Balaban J connectivity index is 0.00000562. The van der Waals surface area contributed by atoms with E-state index in [2.05, 4.69) is 118 Å². The van der Waals surface area contributed by atoms with Gasteiger partial charge in [-0.15, -0.1) is 0 Å². The Hall–Kier alpha value is -1.56. The molecule has 1 rings (SSSR count). The van der Waals surface area contributed by atoms with Gasteiger partial charge in [-0.2, -0.15) is 12.6 Å². The lowest BCUT2D eigenvalue weighted by molar-refractivity contribution is 0.0854. The van der Waals surface area contributed by atoms with E-state index in [0.29, 0.717) is 0 Å². The van der Waals surface area contributed by atoms with Crippen molar-refractivity contribution in [3.63, 3.8) is 0 Å². The number of hydrogen-bond acceptors (Lipinski definition) is 4. The van der Waals surface area contributed by atoms with Gasteiger partial charge < -0.3 is 9.55 Å². The minimum absolute atomic E-state index is 0.215. The average Bonchev–Trinajstić information content (AvgIpc) is 2.80. The molecule has 0 aliphatic heterocycles. The topological polar surface area (TPSA) is 24.8 Å². The number of benzene rings is 1. The molecule has 0 amide bonds. The molecule has 1 radical (unpaired) electrons. The van der Waals surface area contributed by atoms with Gasteiger partial charge in [-0.1, -0.05) is 71.1 Å². The molecule has 2 unspecified atom stereocenters. The van der Waals surface area contributed by atoms with Crippen LogP contribution in [-0.4, -0.2) is 48.6 Å². The number of thiol groups is 1. The lowest BCUT2D eigenvalue weighted by Crippen LogP contribution is -2.45. The quantitative estimate of drug-likeness (QED) is 0.132. The van der Waals surface area contributed by atoms with E-state index >= 15 is 0 Å². The standard InChI is InChI=1S/C28H44BN2OS.C2H6/c1-13-19(3)22(6)20(4)18-26(31(11)12)24(14-2)30-25-16-15-23(17-21(25)5)29-32-27(7,8)28(9,10)33;1-2/h13,15-17,20,26,33H,1,3,6,14,18H2,2,4-5,7-12H3;1-2H3. The largest absolute Gasteiger partial charge is 0.428 e. The van der Waals surface area contributed by atoms with Crippen LogP contribution in [0, 0.1) is 12.8 Å². The molecule has 2 atom stereocenters. The Morgan fingerprint density at radius 2 is 1.77 bits per heavy atom. The third-order valence-electron chi connectivity index (χ3n) is 6.65. The van der Waals surface area contributed by atoms with Gasteiger partial charge >= 0.3 is 7.48 Å². The molecule has 0 saturated carbocycles. The summed E-state index contributed by atoms with van der Waals surface area (Å²) in [5.74, 6) is 0.286. The fraction of sp³-hybridized carbons (Fsp3) is 0.567. The lowest BCUT2D eigenvalue weighted by Gasteiger charge is -2.38. The number of aryl methyl sites for hydroxylation is 1. The number of hydrogen-bond donors (Lipinski definition) is 1. The Labute approximate surface area is 223 Å². The Morgan fingerprint density at radius 3 is 2.20 bits per heavy atom. The van der Waals surface area contributed by atoms with Crippen molar-refractivity contribution in [1.29, 1.82) is 0 Å². The predicted molar refractivity (Wildman–Crippen MR) is 163 cm³/mol. The second-order valence-electron chi connectivity index (χ2n) is 10.2. The average molecular weight is 498 g/mol. The van der Waals surface area contributed by atoms with E-state index in [4.69, 9.17) is 9.65 Å². The molecule has 0 N–H and O–H groups in total.